The Balaban J connectivity index is 2.30. The summed E-state index contributed by atoms with van der Waals surface area (Å²) in [4.78, 5) is 11.0. The van der Waals surface area contributed by atoms with Crippen LogP contribution in [0.5, 0.6) is 0 Å². The van der Waals surface area contributed by atoms with Crippen molar-refractivity contribution >= 4 is 10.9 Å². The number of aromatic nitrogens is 3. The van der Waals surface area contributed by atoms with Crippen LogP contribution in [0.4, 0.5) is 0 Å². The number of H-pyrrole nitrogens is 2. The summed E-state index contributed by atoms with van der Waals surface area (Å²) in [6, 6.07) is 6.29. The Hall–Kier alpha value is -2.07. The molecule has 0 fully saturated rings. The second-order valence-electron chi connectivity index (χ2n) is 4.57. The molecule has 18 heavy (non-hydrogen) atoms. The molecule has 0 unspecified atom stereocenters. The second-order valence-corrected chi connectivity index (χ2v) is 4.57. The number of nitrogens with one attached hydrogen (secondary N) is 2. The number of aromatic amines is 2. The van der Waals surface area contributed by atoms with Gasteiger partial charge in [0.1, 0.15) is 5.82 Å². The monoisotopic (exact) mass is 240 g/mol. The van der Waals surface area contributed by atoms with Gasteiger partial charge in [-0.05, 0) is 25.5 Å². The highest BCUT2D eigenvalue weighted by Crippen LogP contribution is 2.33. The van der Waals surface area contributed by atoms with Gasteiger partial charge >= 0.3 is 0 Å². The highest BCUT2D eigenvalue weighted by molar-refractivity contribution is 5.98. The van der Waals surface area contributed by atoms with Gasteiger partial charge in [-0.3, -0.25) is 0 Å². The van der Waals surface area contributed by atoms with E-state index in [1.807, 2.05) is 6.20 Å². The van der Waals surface area contributed by atoms with Gasteiger partial charge in [-0.25, -0.2) is 4.98 Å². The van der Waals surface area contributed by atoms with Crippen molar-refractivity contribution in [3.63, 3.8) is 0 Å². The predicted molar refractivity (Wildman–Crippen MR) is 73.2 cm³/mol. The topological polar surface area (TPSA) is 70.5 Å². The molecule has 0 bridgehead atoms. The van der Waals surface area contributed by atoms with Crippen molar-refractivity contribution < 1.29 is 0 Å². The molecule has 3 aromatic rings. The maximum absolute atomic E-state index is 5.60. The zero-order valence-corrected chi connectivity index (χ0v) is 10.5. The number of imidazole rings is 1. The number of hydrogen-bond donors (Lipinski definition) is 3. The summed E-state index contributed by atoms with van der Waals surface area (Å²) in [6.07, 6.45) is 1.85. The first kappa shape index (κ1) is 11.0. The van der Waals surface area contributed by atoms with Crippen LogP contribution in [0, 0.1) is 13.8 Å². The smallest absolute Gasteiger partial charge is 0.120 e. The van der Waals surface area contributed by atoms with E-state index in [0.717, 1.165) is 22.7 Å². The summed E-state index contributed by atoms with van der Waals surface area (Å²) in [7, 11) is 0. The Kier molecular flexibility index (Phi) is 2.45. The van der Waals surface area contributed by atoms with Gasteiger partial charge in [0.15, 0.2) is 0 Å². The summed E-state index contributed by atoms with van der Waals surface area (Å²) in [5.74, 6) is 0.812. The number of fused-ring (bicyclic) bond motifs is 1. The Morgan fingerprint density at radius 1 is 1.22 bits per heavy atom. The van der Waals surface area contributed by atoms with E-state index in [1.54, 1.807) is 0 Å². The largest absolute Gasteiger partial charge is 0.358 e. The minimum absolute atomic E-state index is 0.431. The summed E-state index contributed by atoms with van der Waals surface area (Å²) in [5.41, 5.74) is 11.4. The fourth-order valence-electron chi connectivity index (χ4n) is 2.49. The Morgan fingerprint density at radius 2 is 2.06 bits per heavy atom. The first-order chi connectivity index (χ1) is 8.70. The van der Waals surface area contributed by atoms with E-state index in [1.165, 1.54) is 16.5 Å². The van der Waals surface area contributed by atoms with Crippen LogP contribution in [-0.2, 0) is 6.54 Å². The molecule has 0 saturated heterocycles. The first-order valence-electron chi connectivity index (χ1n) is 6.03. The van der Waals surface area contributed by atoms with Crippen molar-refractivity contribution in [2.75, 3.05) is 0 Å². The van der Waals surface area contributed by atoms with Gasteiger partial charge in [0.2, 0.25) is 0 Å². The van der Waals surface area contributed by atoms with Crippen LogP contribution >= 0.6 is 0 Å². The highest BCUT2D eigenvalue weighted by atomic mass is 14.9. The van der Waals surface area contributed by atoms with Crippen LogP contribution in [0.3, 0.4) is 0 Å². The van der Waals surface area contributed by atoms with Crippen molar-refractivity contribution in [3.05, 3.63) is 41.5 Å². The molecule has 4 N–H and O–H groups in total. The zero-order chi connectivity index (χ0) is 12.7. The van der Waals surface area contributed by atoms with Gasteiger partial charge < -0.3 is 15.7 Å². The minimum Gasteiger partial charge on any atom is -0.358 e. The van der Waals surface area contributed by atoms with Gasteiger partial charge in [-0.2, -0.15) is 0 Å². The Labute approximate surface area is 105 Å². The van der Waals surface area contributed by atoms with Crippen molar-refractivity contribution in [2.24, 2.45) is 5.73 Å². The lowest BCUT2D eigenvalue weighted by Gasteiger charge is -2.01. The Bertz CT molecular complexity index is 706. The lowest BCUT2D eigenvalue weighted by molar-refractivity contribution is 0.950. The van der Waals surface area contributed by atoms with Crippen LogP contribution in [0.15, 0.2) is 24.4 Å². The molecule has 4 heteroatoms. The fraction of sp³-hybridized carbons (Fsp3) is 0.214. The third kappa shape index (κ3) is 1.54. The maximum atomic E-state index is 5.60. The molecular formula is C14H16N4. The van der Waals surface area contributed by atoms with Gasteiger partial charge in [0.05, 0.1) is 18.4 Å². The van der Waals surface area contributed by atoms with Crippen LogP contribution in [-0.4, -0.2) is 15.0 Å². The molecule has 4 nitrogen and oxygen atoms in total. The zero-order valence-electron chi connectivity index (χ0n) is 10.5. The van der Waals surface area contributed by atoms with E-state index in [-0.39, 0.29) is 0 Å². The van der Waals surface area contributed by atoms with Crippen LogP contribution in [0.1, 0.15) is 17.1 Å². The van der Waals surface area contributed by atoms with Crippen molar-refractivity contribution in [3.8, 4) is 11.3 Å². The lowest BCUT2D eigenvalue weighted by Crippen LogP contribution is -1.97. The van der Waals surface area contributed by atoms with Gasteiger partial charge in [-0.1, -0.05) is 12.1 Å². The van der Waals surface area contributed by atoms with E-state index in [2.05, 4.69) is 47.0 Å². The molecule has 1 aromatic carbocycles. The molecule has 3 rings (SSSR count). The van der Waals surface area contributed by atoms with E-state index in [4.69, 9.17) is 5.73 Å². The number of aryl methyl sites for hydroxylation is 2. The summed E-state index contributed by atoms with van der Waals surface area (Å²) in [5, 5.41) is 1.25. The molecule has 92 valence electrons. The van der Waals surface area contributed by atoms with E-state index >= 15 is 0 Å². The SMILES string of the molecule is Cc1[nH]c2cccc(C)c2c1-c1cnc(CN)[nH]1. The van der Waals surface area contributed by atoms with Crippen molar-refractivity contribution in [1.82, 2.24) is 15.0 Å². The summed E-state index contributed by atoms with van der Waals surface area (Å²) in [6.45, 7) is 4.64. The van der Waals surface area contributed by atoms with Gasteiger partial charge in [-0.15, -0.1) is 0 Å². The van der Waals surface area contributed by atoms with Gasteiger partial charge in [0, 0.05) is 22.2 Å². The van der Waals surface area contributed by atoms with Gasteiger partial charge in [0.25, 0.3) is 0 Å². The van der Waals surface area contributed by atoms with E-state index in [9.17, 15) is 0 Å². The molecule has 0 aliphatic rings. The molecule has 2 aromatic heterocycles. The molecule has 0 radical (unpaired) electrons. The van der Waals surface area contributed by atoms with Crippen molar-refractivity contribution in [1.29, 1.82) is 0 Å². The average Bonchev–Trinajstić information content (AvgIpc) is 2.92. The third-order valence-corrected chi connectivity index (χ3v) is 3.31. The summed E-state index contributed by atoms with van der Waals surface area (Å²) >= 11 is 0. The highest BCUT2D eigenvalue weighted by Gasteiger charge is 2.14. The normalized spacial score (nSPS) is 11.3. The number of benzene rings is 1. The van der Waals surface area contributed by atoms with Crippen LogP contribution < -0.4 is 5.73 Å². The standard InChI is InChI=1S/C14H16N4/c1-8-4-3-5-10-13(8)14(9(2)17-10)11-7-16-12(6-15)18-11/h3-5,7,17H,6,15H2,1-2H3,(H,16,18). The first-order valence-corrected chi connectivity index (χ1v) is 6.03. The number of rotatable bonds is 2. The summed E-state index contributed by atoms with van der Waals surface area (Å²) < 4.78 is 0. The second kappa shape index (κ2) is 3.99. The molecule has 0 atom stereocenters. The minimum atomic E-state index is 0.431. The quantitative estimate of drug-likeness (QED) is 0.644. The average molecular weight is 240 g/mol. The van der Waals surface area contributed by atoms with E-state index < -0.39 is 0 Å². The van der Waals surface area contributed by atoms with E-state index in [0.29, 0.717) is 6.54 Å². The van der Waals surface area contributed by atoms with Crippen LogP contribution in [0.2, 0.25) is 0 Å². The predicted octanol–water partition coefficient (Wildman–Crippen LogP) is 2.63. The number of nitrogens with two attached hydrogens (primary N) is 1. The molecule has 0 aliphatic carbocycles. The number of hydrogen-bond acceptors (Lipinski definition) is 2. The Morgan fingerprint density at radius 3 is 2.78 bits per heavy atom. The van der Waals surface area contributed by atoms with Crippen molar-refractivity contribution in [2.45, 2.75) is 20.4 Å². The number of nitrogens with zero attached hydrogens (tertiary/aromatic N) is 1. The molecule has 2 heterocycles. The van der Waals surface area contributed by atoms with Crippen LogP contribution in [0.25, 0.3) is 22.2 Å². The molecule has 0 spiro atoms. The maximum Gasteiger partial charge on any atom is 0.120 e. The third-order valence-electron chi connectivity index (χ3n) is 3.31. The molecule has 0 saturated carbocycles. The lowest BCUT2D eigenvalue weighted by atomic mass is 10.0. The molecule has 0 aliphatic heterocycles. The molecule has 0 amide bonds. The molecular weight excluding hydrogens is 224 g/mol. The fourth-order valence-corrected chi connectivity index (χ4v) is 2.49.